The predicted molar refractivity (Wildman–Crippen MR) is 71.4 cm³/mol. The van der Waals surface area contributed by atoms with Crippen molar-refractivity contribution in [2.75, 3.05) is 14.2 Å². The van der Waals surface area contributed by atoms with Crippen molar-refractivity contribution >= 4 is 23.8 Å². The zero-order valence-corrected chi connectivity index (χ0v) is 11.9. The summed E-state index contributed by atoms with van der Waals surface area (Å²) >= 11 is 0. The van der Waals surface area contributed by atoms with Gasteiger partial charge in [-0.1, -0.05) is 0 Å². The number of imide groups is 2. The molecule has 0 aromatic heterocycles. The standard InChI is InChI=1S/C14H13FN2O5/c1-17-12(19)8-4-3-7(15)5-9(8)10(13(17)20)6-11(18)16-14(21)22-2/h3-5,10H,6H2,1-2H3,(H,16,18,21). The SMILES string of the molecule is COC(=O)NC(=O)CC1C(=O)N(C)C(=O)c2ccc(F)cc21. The molecule has 0 saturated heterocycles. The molecule has 1 heterocycles. The van der Waals surface area contributed by atoms with Gasteiger partial charge in [0, 0.05) is 19.0 Å². The van der Waals surface area contributed by atoms with Gasteiger partial charge in [0.15, 0.2) is 0 Å². The topological polar surface area (TPSA) is 92.8 Å². The molecular formula is C14H13FN2O5. The largest absolute Gasteiger partial charge is 0.453 e. The van der Waals surface area contributed by atoms with E-state index in [1.807, 2.05) is 5.32 Å². The van der Waals surface area contributed by atoms with Crippen molar-refractivity contribution in [1.29, 1.82) is 0 Å². The van der Waals surface area contributed by atoms with Crippen molar-refractivity contribution in [2.24, 2.45) is 0 Å². The lowest BCUT2D eigenvalue weighted by Gasteiger charge is -2.29. The van der Waals surface area contributed by atoms with E-state index in [1.54, 1.807) is 0 Å². The van der Waals surface area contributed by atoms with Crippen molar-refractivity contribution < 1.29 is 28.3 Å². The molecule has 0 spiro atoms. The van der Waals surface area contributed by atoms with Crippen LogP contribution in [0.2, 0.25) is 0 Å². The number of alkyl carbamates (subject to hydrolysis) is 1. The molecule has 0 aliphatic carbocycles. The second-order valence-corrected chi connectivity index (χ2v) is 4.73. The van der Waals surface area contributed by atoms with Crippen LogP contribution in [0.15, 0.2) is 18.2 Å². The Morgan fingerprint density at radius 3 is 2.68 bits per heavy atom. The Morgan fingerprint density at radius 2 is 2.05 bits per heavy atom. The molecule has 1 aromatic carbocycles. The van der Waals surface area contributed by atoms with Crippen LogP contribution in [0.5, 0.6) is 0 Å². The molecule has 1 aliphatic heterocycles. The Bertz CT molecular complexity index is 673. The van der Waals surface area contributed by atoms with Crippen LogP contribution in [0.1, 0.15) is 28.3 Å². The number of ether oxygens (including phenoxy) is 1. The molecule has 1 N–H and O–H groups in total. The van der Waals surface area contributed by atoms with Gasteiger partial charge in [0.25, 0.3) is 5.91 Å². The van der Waals surface area contributed by atoms with Crippen LogP contribution in [0.4, 0.5) is 9.18 Å². The molecule has 22 heavy (non-hydrogen) atoms. The van der Waals surface area contributed by atoms with E-state index in [9.17, 15) is 23.6 Å². The quantitative estimate of drug-likeness (QED) is 0.816. The number of hydrogen-bond acceptors (Lipinski definition) is 5. The number of nitrogens with zero attached hydrogens (tertiary/aromatic N) is 1. The number of amides is 4. The molecule has 0 saturated carbocycles. The molecule has 1 unspecified atom stereocenters. The van der Waals surface area contributed by atoms with Crippen molar-refractivity contribution in [2.45, 2.75) is 12.3 Å². The van der Waals surface area contributed by atoms with Crippen LogP contribution in [-0.4, -0.2) is 42.9 Å². The summed E-state index contributed by atoms with van der Waals surface area (Å²) in [6.45, 7) is 0. The third-order valence-corrected chi connectivity index (χ3v) is 3.37. The van der Waals surface area contributed by atoms with E-state index in [4.69, 9.17) is 0 Å². The van der Waals surface area contributed by atoms with Gasteiger partial charge in [0.2, 0.25) is 11.8 Å². The van der Waals surface area contributed by atoms with Crippen molar-refractivity contribution in [3.63, 3.8) is 0 Å². The fourth-order valence-electron chi connectivity index (χ4n) is 2.26. The first kappa shape index (κ1) is 15.6. The number of benzene rings is 1. The van der Waals surface area contributed by atoms with Gasteiger partial charge < -0.3 is 4.74 Å². The molecule has 116 valence electrons. The Hall–Kier alpha value is -2.77. The third kappa shape index (κ3) is 2.80. The highest BCUT2D eigenvalue weighted by molar-refractivity contribution is 6.12. The van der Waals surface area contributed by atoms with E-state index in [1.165, 1.54) is 13.1 Å². The first-order valence-electron chi connectivity index (χ1n) is 6.34. The first-order chi connectivity index (χ1) is 10.3. The third-order valence-electron chi connectivity index (χ3n) is 3.37. The van der Waals surface area contributed by atoms with Crippen LogP contribution in [0, 0.1) is 5.82 Å². The van der Waals surface area contributed by atoms with E-state index < -0.39 is 42.0 Å². The number of rotatable bonds is 2. The Labute approximate surface area is 125 Å². The smallest absolute Gasteiger partial charge is 0.413 e. The average molecular weight is 308 g/mol. The van der Waals surface area contributed by atoms with Gasteiger partial charge in [-0.15, -0.1) is 0 Å². The van der Waals surface area contributed by atoms with E-state index >= 15 is 0 Å². The number of carbonyl (C=O) groups is 4. The van der Waals surface area contributed by atoms with Crippen molar-refractivity contribution in [1.82, 2.24) is 10.2 Å². The maximum atomic E-state index is 13.4. The molecule has 1 aliphatic rings. The highest BCUT2D eigenvalue weighted by Crippen LogP contribution is 2.31. The lowest BCUT2D eigenvalue weighted by atomic mass is 9.86. The Kier molecular flexibility index (Phi) is 4.20. The van der Waals surface area contributed by atoms with Gasteiger partial charge in [-0.3, -0.25) is 24.6 Å². The van der Waals surface area contributed by atoms with Gasteiger partial charge in [-0.05, 0) is 23.8 Å². The summed E-state index contributed by atoms with van der Waals surface area (Å²) < 4.78 is 17.7. The predicted octanol–water partition coefficient (Wildman–Crippen LogP) is 0.794. The number of halogens is 1. The number of carbonyl (C=O) groups excluding carboxylic acids is 4. The van der Waals surface area contributed by atoms with E-state index in [-0.39, 0.29) is 11.1 Å². The maximum absolute atomic E-state index is 13.4. The summed E-state index contributed by atoms with van der Waals surface area (Å²) in [7, 11) is 2.37. The molecule has 0 bridgehead atoms. The highest BCUT2D eigenvalue weighted by atomic mass is 19.1. The van der Waals surface area contributed by atoms with Crippen molar-refractivity contribution in [3.05, 3.63) is 35.1 Å². The van der Waals surface area contributed by atoms with Crippen LogP contribution in [0.25, 0.3) is 0 Å². The minimum absolute atomic E-state index is 0.133. The van der Waals surface area contributed by atoms with E-state index in [2.05, 4.69) is 4.74 Å². The maximum Gasteiger partial charge on any atom is 0.413 e. The minimum atomic E-state index is -1.04. The Morgan fingerprint density at radius 1 is 1.36 bits per heavy atom. The van der Waals surface area contributed by atoms with Crippen LogP contribution in [0.3, 0.4) is 0 Å². The molecule has 0 radical (unpaired) electrons. The lowest BCUT2D eigenvalue weighted by Crippen LogP contribution is -2.44. The van der Waals surface area contributed by atoms with Gasteiger partial charge in [-0.2, -0.15) is 0 Å². The second-order valence-electron chi connectivity index (χ2n) is 4.73. The van der Waals surface area contributed by atoms with Gasteiger partial charge in [-0.25, -0.2) is 9.18 Å². The van der Waals surface area contributed by atoms with Gasteiger partial charge in [0.1, 0.15) is 5.82 Å². The molecule has 1 atom stereocenters. The highest BCUT2D eigenvalue weighted by Gasteiger charge is 2.38. The number of hydrogen-bond donors (Lipinski definition) is 1. The molecule has 4 amide bonds. The summed E-state index contributed by atoms with van der Waals surface area (Å²) in [5, 5.41) is 1.92. The molecular weight excluding hydrogens is 295 g/mol. The van der Waals surface area contributed by atoms with Gasteiger partial charge in [0.05, 0.1) is 13.0 Å². The molecule has 1 aromatic rings. The van der Waals surface area contributed by atoms with E-state index in [0.717, 1.165) is 24.1 Å². The molecule has 7 nitrogen and oxygen atoms in total. The Balaban J connectivity index is 2.34. The molecule has 8 heteroatoms. The van der Waals surface area contributed by atoms with E-state index in [0.29, 0.717) is 0 Å². The first-order valence-corrected chi connectivity index (χ1v) is 6.34. The molecule has 2 rings (SSSR count). The summed E-state index contributed by atoms with van der Waals surface area (Å²) in [5.74, 6) is -3.63. The zero-order valence-electron chi connectivity index (χ0n) is 11.9. The minimum Gasteiger partial charge on any atom is -0.453 e. The summed E-state index contributed by atoms with van der Waals surface area (Å²) in [6, 6.07) is 3.42. The summed E-state index contributed by atoms with van der Waals surface area (Å²) in [6.07, 6.45) is -1.36. The fraction of sp³-hybridized carbons (Fsp3) is 0.286. The lowest BCUT2D eigenvalue weighted by molar-refractivity contribution is -0.132. The van der Waals surface area contributed by atoms with Crippen LogP contribution < -0.4 is 5.32 Å². The summed E-state index contributed by atoms with van der Waals surface area (Å²) in [4.78, 5) is 47.8. The monoisotopic (exact) mass is 308 g/mol. The fourth-order valence-corrected chi connectivity index (χ4v) is 2.26. The second kappa shape index (κ2) is 5.92. The van der Waals surface area contributed by atoms with Gasteiger partial charge >= 0.3 is 6.09 Å². The van der Waals surface area contributed by atoms with Crippen LogP contribution >= 0.6 is 0 Å². The average Bonchev–Trinajstić information content (AvgIpc) is 2.49. The van der Waals surface area contributed by atoms with Crippen molar-refractivity contribution in [3.8, 4) is 0 Å². The molecule has 0 fully saturated rings. The van der Waals surface area contributed by atoms with Crippen LogP contribution in [-0.2, 0) is 14.3 Å². The number of likely N-dealkylation sites (N-methyl/N-ethyl adjacent to an activating group) is 1. The summed E-state index contributed by atoms with van der Waals surface area (Å²) in [5.41, 5.74) is 0.285. The number of methoxy groups -OCH3 is 1. The normalized spacial score (nSPS) is 17.0. The number of nitrogens with one attached hydrogen (secondary N) is 1. The zero-order chi connectivity index (χ0) is 16.4. The number of fused-ring (bicyclic) bond motifs is 1.